The van der Waals surface area contributed by atoms with Crippen LogP contribution >= 0.6 is 0 Å². The van der Waals surface area contributed by atoms with Gasteiger partial charge in [0.2, 0.25) is 5.89 Å². The third-order valence-corrected chi connectivity index (χ3v) is 2.47. The molecule has 0 amide bonds. The van der Waals surface area contributed by atoms with Gasteiger partial charge in [0.1, 0.15) is 17.5 Å². The Morgan fingerprint density at radius 2 is 1.84 bits per heavy atom. The maximum absolute atomic E-state index is 13.5. The van der Waals surface area contributed by atoms with E-state index in [1.165, 1.54) is 6.20 Å². The average Bonchev–Trinajstić information content (AvgIpc) is 2.73. The Morgan fingerprint density at radius 1 is 1.21 bits per heavy atom. The van der Waals surface area contributed by atoms with Crippen molar-refractivity contribution in [2.75, 3.05) is 0 Å². The van der Waals surface area contributed by atoms with E-state index in [9.17, 15) is 13.2 Å². The fourth-order valence-electron chi connectivity index (χ4n) is 1.58. The van der Waals surface area contributed by atoms with Crippen molar-refractivity contribution >= 4 is 0 Å². The Bertz CT molecular complexity index is 558. The molecule has 0 radical (unpaired) electrons. The third-order valence-electron chi connectivity index (χ3n) is 2.47. The summed E-state index contributed by atoms with van der Waals surface area (Å²) in [5.41, 5.74) is -0.412. The van der Waals surface area contributed by atoms with Crippen molar-refractivity contribution in [1.29, 1.82) is 0 Å². The Balaban J connectivity index is 2.28. The van der Waals surface area contributed by atoms with E-state index in [1.54, 1.807) is 0 Å². The van der Waals surface area contributed by atoms with Crippen LogP contribution in [0.5, 0.6) is 0 Å². The molecule has 6 heteroatoms. The van der Waals surface area contributed by atoms with Crippen molar-refractivity contribution in [3.63, 3.8) is 0 Å². The number of oxazole rings is 1. The molecule has 102 valence electrons. The normalized spacial score (nSPS) is 11.3. The van der Waals surface area contributed by atoms with Crippen LogP contribution in [0.25, 0.3) is 11.3 Å². The number of nitrogens with one attached hydrogen (secondary N) is 1. The van der Waals surface area contributed by atoms with E-state index in [0.29, 0.717) is 24.6 Å². The largest absolute Gasteiger partial charge is 0.439 e. The fourth-order valence-corrected chi connectivity index (χ4v) is 1.58. The Kier molecular flexibility index (Phi) is 3.90. The summed E-state index contributed by atoms with van der Waals surface area (Å²) in [4.78, 5) is 3.91. The van der Waals surface area contributed by atoms with Crippen LogP contribution in [0.3, 0.4) is 0 Å². The standard InChI is InChI=1S/C13H13F3N2O/c1-7(2)17-6-12-18-5-11(19-12)13-9(15)3-8(14)4-10(13)16/h3-5,7,17H,6H2,1-2H3. The second-order valence-corrected chi connectivity index (χ2v) is 4.40. The van der Waals surface area contributed by atoms with Crippen LogP contribution in [-0.2, 0) is 6.54 Å². The number of benzene rings is 1. The van der Waals surface area contributed by atoms with Gasteiger partial charge in [0.15, 0.2) is 5.76 Å². The smallest absolute Gasteiger partial charge is 0.208 e. The predicted octanol–water partition coefficient (Wildman–Crippen LogP) is 3.26. The van der Waals surface area contributed by atoms with Gasteiger partial charge in [-0.05, 0) is 0 Å². The van der Waals surface area contributed by atoms with Gasteiger partial charge in [0.25, 0.3) is 0 Å². The lowest BCUT2D eigenvalue weighted by atomic mass is 10.1. The fraction of sp³-hybridized carbons (Fsp3) is 0.308. The molecule has 2 rings (SSSR count). The molecule has 0 bridgehead atoms. The molecule has 0 atom stereocenters. The first-order chi connectivity index (χ1) is 8.97. The highest BCUT2D eigenvalue weighted by atomic mass is 19.1. The van der Waals surface area contributed by atoms with E-state index in [0.717, 1.165) is 0 Å². The van der Waals surface area contributed by atoms with Gasteiger partial charge in [-0.25, -0.2) is 18.2 Å². The molecule has 1 aromatic carbocycles. The lowest BCUT2D eigenvalue weighted by Gasteiger charge is -2.04. The van der Waals surface area contributed by atoms with Gasteiger partial charge < -0.3 is 9.73 Å². The number of aromatic nitrogens is 1. The molecule has 0 saturated carbocycles. The van der Waals surface area contributed by atoms with Gasteiger partial charge in [0.05, 0.1) is 18.3 Å². The lowest BCUT2D eigenvalue weighted by Crippen LogP contribution is -2.21. The molecule has 3 nitrogen and oxygen atoms in total. The van der Waals surface area contributed by atoms with Gasteiger partial charge >= 0.3 is 0 Å². The zero-order valence-corrected chi connectivity index (χ0v) is 10.5. The van der Waals surface area contributed by atoms with Gasteiger partial charge in [-0.1, -0.05) is 13.8 Å². The van der Waals surface area contributed by atoms with Gasteiger partial charge in [-0.3, -0.25) is 0 Å². The summed E-state index contributed by atoms with van der Waals surface area (Å²) in [5.74, 6) is -2.75. The molecule has 0 aliphatic carbocycles. The van der Waals surface area contributed by atoms with E-state index in [4.69, 9.17) is 4.42 Å². The van der Waals surface area contributed by atoms with Crippen molar-refractivity contribution in [3.05, 3.63) is 41.7 Å². The first-order valence-electron chi connectivity index (χ1n) is 5.80. The maximum Gasteiger partial charge on any atom is 0.208 e. The molecule has 19 heavy (non-hydrogen) atoms. The summed E-state index contributed by atoms with van der Waals surface area (Å²) in [6.45, 7) is 4.24. The lowest BCUT2D eigenvalue weighted by molar-refractivity contribution is 0.453. The topological polar surface area (TPSA) is 38.1 Å². The molecule has 1 aromatic heterocycles. The van der Waals surface area contributed by atoms with Crippen LogP contribution in [-0.4, -0.2) is 11.0 Å². The van der Waals surface area contributed by atoms with E-state index in [2.05, 4.69) is 10.3 Å². The Morgan fingerprint density at radius 3 is 2.42 bits per heavy atom. The van der Waals surface area contributed by atoms with Gasteiger partial charge in [-0.15, -0.1) is 0 Å². The molecule has 1 N–H and O–H groups in total. The molecule has 2 aromatic rings. The van der Waals surface area contributed by atoms with E-state index >= 15 is 0 Å². The predicted molar refractivity (Wildman–Crippen MR) is 63.8 cm³/mol. The summed E-state index contributed by atoms with van der Waals surface area (Å²) >= 11 is 0. The number of nitrogens with zero attached hydrogens (tertiary/aromatic N) is 1. The second kappa shape index (κ2) is 5.44. The molecule has 0 saturated heterocycles. The third kappa shape index (κ3) is 3.14. The Hall–Kier alpha value is -1.82. The Labute approximate surface area is 108 Å². The highest BCUT2D eigenvalue weighted by molar-refractivity contribution is 5.58. The minimum atomic E-state index is -1.02. The minimum absolute atomic E-state index is 0.0597. The van der Waals surface area contributed by atoms with Crippen LogP contribution in [0, 0.1) is 17.5 Å². The van der Waals surface area contributed by atoms with Crippen molar-refractivity contribution in [3.8, 4) is 11.3 Å². The van der Waals surface area contributed by atoms with Crippen LogP contribution in [0.15, 0.2) is 22.7 Å². The molecule has 0 aliphatic heterocycles. The SMILES string of the molecule is CC(C)NCc1ncc(-c2c(F)cc(F)cc2F)o1. The summed E-state index contributed by atoms with van der Waals surface area (Å²) in [5, 5.41) is 3.06. The molecule has 0 unspecified atom stereocenters. The quantitative estimate of drug-likeness (QED) is 0.926. The van der Waals surface area contributed by atoms with Gasteiger partial charge in [0, 0.05) is 18.2 Å². The number of hydrogen-bond acceptors (Lipinski definition) is 3. The van der Waals surface area contributed by atoms with Crippen molar-refractivity contribution in [2.45, 2.75) is 26.4 Å². The molecule has 0 aliphatic rings. The highest BCUT2D eigenvalue weighted by Gasteiger charge is 2.17. The first-order valence-corrected chi connectivity index (χ1v) is 5.80. The summed E-state index contributed by atoms with van der Waals surface area (Å²) in [7, 11) is 0. The van der Waals surface area contributed by atoms with E-state index in [-0.39, 0.29) is 11.8 Å². The first kappa shape index (κ1) is 13.6. The molecule has 0 fully saturated rings. The number of rotatable bonds is 4. The maximum atomic E-state index is 13.5. The van der Waals surface area contributed by atoms with Crippen LogP contribution < -0.4 is 5.32 Å². The molecule has 0 spiro atoms. The van der Waals surface area contributed by atoms with Gasteiger partial charge in [-0.2, -0.15) is 0 Å². The monoisotopic (exact) mass is 270 g/mol. The van der Waals surface area contributed by atoms with Crippen molar-refractivity contribution in [1.82, 2.24) is 10.3 Å². The van der Waals surface area contributed by atoms with E-state index < -0.39 is 23.0 Å². The number of halogens is 3. The average molecular weight is 270 g/mol. The molecule has 1 heterocycles. The zero-order valence-electron chi connectivity index (χ0n) is 10.5. The van der Waals surface area contributed by atoms with Crippen LogP contribution in [0.1, 0.15) is 19.7 Å². The van der Waals surface area contributed by atoms with Crippen LogP contribution in [0.2, 0.25) is 0 Å². The zero-order chi connectivity index (χ0) is 14.0. The van der Waals surface area contributed by atoms with E-state index in [1.807, 2.05) is 13.8 Å². The molecular formula is C13H13F3N2O. The highest BCUT2D eigenvalue weighted by Crippen LogP contribution is 2.27. The van der Waals surface area contributed by atoms with Crippen molar-refractivity contribution in [2.24, 2.45) is 0 Å². The molecular weight excluding hydrogens is 257 g/mol. The van der Waals surface area contributed by atoms with Crippen LogP contribution in [0.4, 0.5) is 13.2 Å². The summed E-state index contributed by atoms with van der Waals surface area (Å²) < 4.78 is 45.1. The summed E-state index contributed by atoms with van der Waals surface area (Å²) in [6, 6.07) is 1.44. The number of hydrogen-bond donors (Lipinski definition) is 1. The van der Waals surface area contributed by atoms with Crippen molar-refractivity contribution < 1.29 is 17.6 Å². The summed E-state index contributed by atoms with van der Waals surface area (Å²) in [6.07, 6.45) is 1.22. The second-order valence-electron chi connectivity index (χ2n) is 4.40. The minimum Gasteiger partial charge on any atom is -0.439 e.